The summed E-state index contributed by atoms with van der Waals surface area (Å²) in [4.78, 5) is 71.6. The van der Waals surface area contributed by atoms with Crippen molar-refractivity contribution < 1.29 is 28.0 Å². The van der Waals surface area contributed by atoms with E-state index >= 15 is 0 Å². The van der Waals surface area contributed by atoms with Crippen LogP contribution in [0, 0.1) is 0 Å². The van der Waals surface area contributed by atoms with Crippen LogP contribution in [-0.4, -0.2) is 136 Å². The van der Waals surface area contributed by atoms with Gasteiger partial charge in [-0.3, -0.25) is 19.2 Å². The molecule has 8 rings (SSSR count). The number of likely N-dealkylation sites (tertiary alicyclic amines) is 2. The molecule has 6 aromatic rings. The first-order chi connectivity index (χ1) is 39.0. The lowest BCUT2D eigenvalue weighted by Gasteiger charge is -2.33. The molecule has 2 saturated heterocycles. The van der Waals surface area contributed by atoms with Gasteiger partial charge >= 0.3 is 0 Å². The van der Waals surface area contributed by atoms with E-state index in [0.717, 1.165) is 74.9 Å². The zero-order valence-corrected chi connectivity index (χ0v) is 54.0. The predicted molar refractivity (Wildman–Crippen MR) is 341 cm³/mol. The van der Waals surface area contributed by atoms with E-state index in [0.29, 0.717) is 64.9 Å². The Morgan fingerprint density at radius 2 is 1.17 bits per heavy atom. The van der Waals surface area contributed by atoms with Crippen LogP contribution in [0.5, 0.6) is 0 Å². The molecule has 0 bridgehead atoms. The molecular formula is C58H78BrClN12O6S4. The summed E-state index contributed by atoms with van der Waals surface area (Å²) >= 11 is 14.5. The van der Waals surface area contributed by atoms with E-state index in [2.05, 4.69) is 98.7 Å². The molecule has 444 valence electrons. The minimum absolute atomic E-state index is 0.00814. The van der Waals surface area contributed by atoms with Crippen molar-refractivity contribution >= 4 is 118 Å². The van der Waals surface area contributed by atoms with Crippen molar-refractivity contribution in [1.29, 1.82) is 0 Å². The van der Waals surface area contributed by atoms with E-state index in [1.807, 2.05) is 67.7 Å². The quantitative estimate of drug-likeness (QED) is 0.0177. The Balaban J connectivity index is 0.000000262. The molecular weight excluding hydrogens is 1200 g/mol. The molecule has 2 fully saturated rings. The number of aromatic nitrogens is 4. The fraction of sp³-hybridized carbons (Fsp3) is 0.448. The number of benzene rings is 2. The molecule has 6 N–H and O–H groups in total. The van der Waals surface area contributed by atoms with Crippen molar-refractivity contribution in [3.8, 4) is 0 Å². The van der Waals surface area contributed by atoms with Gasteiger partial charge in [0.25, 0.3) is 11.8 Å². The Labute approximate surface area is 512 Å². The number of hydrogen-bond donors (Lipinski definition) is 5. The lowest BCUT2D eigenvalue weighted by molar-refractivity contribution is -0.112. The molecule has 18 nitrogen and oxygen atoms in total. The Morgan fingerprint density at radius 1 is 0.720 bits per heavy atom. The summed E-state index contributed by atoms with van der Waals surface area (Å²) in [5.41, 5.74) is 8.24. The Morgan fingerprint density at radius 3 is 1.56 bits per heavy atom. The van der Waals surface area contributed by atoms with Gasteiger partial charge in [-0.05, 0) is 120 Å². The first kappa shape index (κ1) is 67.3. The van der Waals surface area contributed by atoms with Crippen LogP contribution in [0.4, 0.5) is 21.6 Å². The maximum atomic E-state index is 13.2. The molecule has 2 atom stereocenters. The Bertz CT molecular complexity index is 2990. The molecule has 24 heteroatoms. The fourth-order valence-electron chi connectivity index (χ4n) is 7.79. The molecule has 0 saturated carbocycles. The number of carbonyl (C=O) groups is 4. The van der Waals surface area contributed by atoms with Gasteiger partial charge in [0, 0.05) is 89.5 Å². The fourth-order valence-corrected chi connectivity index (χ4v) is 11.7. The number of rotatable bonds is 18. The number of carbonyl (C=O) groups excluding carboxylic acids is 4. The summed E-state index contributed by atoms with van der Waals surface area (Å²) in [5.74, 6) is 4.40. The van der Waals surface area contributed by atoms with Gasteiger partial charge in [-0.15, -0.1) is 23.5 Å². The number of alkyl halides is 1. The first-order valence-corrected chi connectivity index (χ1v) is 31.9. The lowest BCUT2D eigenvalue weighted by Crippen LogP contribution is -2.45. The van der Waals surface area contributed by atoms with E-state index in [1.54, 1.807) is 107 Å². The molecule has 3 amide bonds. The smallest absolute Gasteiger partial charge is 0.253 e. The second-order valence-corrected chi connectivity index (χ2v) is 27.1. The molecule has 2 aromatic carbocycles. The number of halogens is 2. The number of thiazole rings is 2. The topological polar surface area (TPSA) is 230 Å². The lowest BCUT2D eigenvalue weighted by atomic mass is 9.94. The number of likely N-dealkylation sites (N-methyl/N-ethyl adjacent to an activating group) is 1. The number of piperidine rings is 2. The number of nitrogens with two attached hydrogens (primary N) is 1. The molecule has 0 spiro atoms. The minimum atomic E-state index is -0.431. The molecule has 4 aromatic heterocycles. The minimum Gasteiger partial charge on any atom is -0.444 e. The molecule has 2 aliphatic rings. The predicted octanol–water partition coefficient (Wildman–Crippen LogP) is 12.1. The van der Waals surface area contributed by atoms with E-state index < -0.39 is 5.24 Å². The van der Waals surface area contributed by atoms with Gasteiger partial charge in [-0.25, -0.2) is 19.9 Å². The second-order valence-electron chi connectivity index (χ2n) is 21.5. The third kappa shape index (κ3) is 23.6. The van der Waals surface area contributed by atoms with Crippen LogP contribution < -0.4 is 27.0 Å². The number of amides is 3. The normalized spacial score (nSPS) is 15.5. The summed E-state index contributed by atoms with van der Waals surface area (Å²) in [6.07, 6.45) is 17.5. The number of anilines is 4. The average molecular weight is 1280 g/mol. The Kier molecular flexibility index (Phi) is 27.6. The van der Waals surface area contributed by atoms with Gasteiger partial charge in [0.05, 0.1) is 44.7 Å². The van der Waals surface area contributed by atoms with Crippen LogP contribution in [-0.2, 0) is 31.9 Å². The third-order valence-electron chi connectivity index (χ3n) is 11.9. The average Bonchev–Trinajstić information content (AvgIpc) is 4.29. The summed E-state index contributed by atoms with van der Waals surface area (Å²) in [6, 6.07) is 14.5. The van der Waals surface area contributed by atoms with Crippen molar-refractivity contribution in [3.63, 3.8) is 0 Å². The summed E-state index contributed by atoms with van der Waals surface area (Å²) in [5, 5.41) is 14.6. The Hall–Kier alpha value is -5.53. The monoisotopic (exact) mass is 1280 g/mol. The maximum absolute atomic E-state index is 13.2. The highest BCUT2D eigenvalue weighted by Gasteiger charge is 2.27. The largest absolute Gasteiger partial charge is 0.444 e. The first-order valence-electron chi connectivity index (χ1n) is 26.8. The number of nitrogens with one attached hydrogen (secondary N) is 4. The van der Waals surface area contributed by atoms with Crippen molar-refractivity contribution in [3.05, 3.63) is 132 Å². The van der Waals surface area contributed by atoms with Crippen LogP contribution >= 0.6 is 73.7 Å². The van der Waals surface area contributed by atoms with Crippen LogP contribution in [0.2, 0.25) is 0 Å². The summed E-state index contributed by atoms with van der Waals surface area (Å²) in [6.45, 7) is 16.1. The zero-order valence-electron chi connectivity index (χ0n) is 48.4. The third-order valence-corrected chi connectivity index (χ3v) is 16.7. The number of thioether (sulfide) groups is 2. The van der Waals surface area contributed by atoms with Crippen molar-refractivity contribution in [2.24, 2.45) is 0 Å². The second kappa shape index (κ2) is 33.7. The SMILES string of the molecule is CC(C)(C)c1cnc(CSc2cnc(N[C@@H]3CCCN(C(=O)c4ccc(N)cc4)C3)s2)o1.CN(C)C/C=C/C(=O)Nc1ccc(C(=O)N2CCC[C@@H](Nc3ncc(SCc4ncc(C(C)(C)C)o4)s3)C2)cc1.CNC.O=C(Cl)/C=C/CBr. The van der Waals surface area contributed by atoms with Crippen molar-refractivity contribution in [1.82, 2.24) is 40.0 Å². The van der Waals surface area contributed by atoms with Gasteiger partial charge in [0.1, 0.15) is 11.5 Å². The zero-order chi connectivity index (χ0) is 59.8. The highest BCUT2D eigenvalue weighted by molar-refractivity contribution is 9.09. The van der Waals surface area contributed by atoms with Crippen molar-refractivity contribution in [2.45, 2.75) is 110 Å². The molecule has 82 heavy (non-hydrogen) atoms. The van der Waals surface area contributed by atoms with Gasteiger partial charge in [-0.1, -0.05) is 92.3 Å². The molecule has 0 radical (unpaired) electrons. The molecule has 2 aliphatic heterocycles. The van der Waals surface area contributed by atoms with E-state index in [1.165, 1.54) is 12.2 Å². The standard InChI is InChI=1S/C29H38N6O3S2.C23H29N5O2S2.C4H4BrClO.C2H7N/c1-29(2,3)23-16-30-25(38-23)19-39-26-17-31-28(40-26)33-22-8-6-15-35(18-22)27(37)20-10-12-21(13-11-20)32-24(36)9-7-14-34(4)5;1-23(2,3)18-11-25-19(30-18)14-31-20-12-26-22(32-20)27-17-5-4-10-28(13-17)21(29)15-6-8-16(24)9-7-15;5-3-1-2-4(6)7;1-3-2/h7,9-13,16-17,22H,6,8,14-15,18-19H2,1-5H3,(H,31,33)(H,32,36);6-9,11-12,17H,4-5,10,13-14,24H2,1-3H3,(H,26,27);1-2H,3H2;3H,1-2H3/b9-7+;;2-1+;/t22-;17-;;/m11../s1. The number of nitrogens with zero attached hydrogens (tertiary/aromatic N) is 7. The summed E-state index contributed by atoms with van der Waals surface area (Å²) < 4.78 is 13.9. The summed E-state index contributed by atoms with van der Waals surface area (Å²) in [7, 11) is 7.63. The van der Waals surface area contributed by atoms with Gasteiger partial charge in [0.15, 0.2) is 10.3 Å². The molecule has 0 unspecified atom stereocenters. The highest BCUT2D eigenvalue weighted by atomic mass is 79.9. The maximum Gasteiger partial charge on any atom is 0.253 e. The van der Waals surface area contributed by atoms with E-state index in [4.69, 9.17) is 26.2 Å². The highest BCUT2D eigenvalue weighted by Crippen LogP contribution is 2.34. The van der Waals surface area contributed by atoms with Crippen LogP contribution in [0.25, 0.3) is 0 Å². The van der Waals surface area contributed by atoms with Crippen LogP contribution in [0.3, 0.4) is 0 Å². The van der Waals surface area contributed by atoms with Gasteiger partial charge < -0.3 is 50.5 Å². The van der Waals surface area contributed by atoms with E-state index in [-0.39, 0.29) is 40.6 Å². The molecule has 0 aliphatic carbocycles. The van der Waals surface area contributed by atoms with Gasteiger partial charge in [-0.2, -0.15) is 0 Å². The van der Waals surface area contributed by atoms with Crippen molar-refractivity contribution in [2.75, 3.05) is 87.9 Å². The number of hydrogen-bond acceptors (Lipinski definition) is 19. The number of nitrogen functional groups attached to an aromatic ring is 1. The number of allylic oxidation sites excluding steroid dienone is 2. The molecule has 6 heterocycles. The van der Waals surface area contributed by atoms with Crippen LogP contribution in [0.1, 0.15) is 111 Å². The van der Waals surface area contributed by atoms with E-state index in [9.17, 15) is 19.2 Å². The van der Waals surface area contributed by atoms with Crippen LogP contribution in [0.15, 0.2) is 115 Å². The van der Waals surface area contributed by atoms with Gasteiger partial charge in [0.2, 0.25) is 22.9 Å². The number of oxazole rings is 2.